The van der Waals surface area contributed by atoms with Crippen LogP contribution in [0.25, 0.3) is 0 Å². The van der Waals surface area contributed by atoms with Crippen LogP contribution in [0.4, 0.5) is 5.69 Å². The number of amides is 1. The monoisotopic (exact) mass is 539 g/mol. The van der Waals surface area contributed by atoms with E-state index in [4.69, 9.17) is 4.74 Å². The molecule has 198 valence electrons. The van der Waals surface area contributed by atoms with Crippen molar-refractivity contribution >= 4 is 31.6 Å². The molecule has 0 saturated heterocycles. The second-order valence-corrected chi connectivity index (χ2v) is 12.9. The summed E-state index contributed by atoms with van der Waals surface area (Å²) in [7, 11) is -5.87. The molecule has 0 aromatic heterocycles. The third kappa shape index (κ3) is 6.75. The van der Waals surface area contributed by atoms with Gasteiger partial charge in [0.25, 0.3) is 10.0 Å². The Morgan fingerprint density at radius 2 is 1.83 bits per heavy atom. The maximum atomic E-state index is 13.2. The molecule has 12 heteroatoms. The topological polar surface area (TPSA) is 133 Å². The molecule has 0 radical (unpaired) electrons. The zero-order valence-electron chi connectivity index (χ0n) is 20.8. The molecule has 3 atom stereocenters. The fraction of sp³-hybridized carbons (Fsp3) is 0.458. The van der Waals surface area contributed by atoms with Crippen LogP contribution < -0.4 is 9.46 Å². The molecule has 0 fully saturated rings. The lowest BCUT2D eigenvalue weighted by Gasteiger charge is -2.33. The molecule has 1 heterocycles. The quantitative estimate of drug-likeness (QED) is 0.520. The Morgan fingerprint density at radius 1 is 1.17 bits per heavy atom. The van der Waals surface area contributed by atoms with Crippen LogP contribution in [0.1, 0.15) is 19.4 Å². The molecule has 0 aliphatic carbocycles. The molecule has 0 spiro atoms. The van der Waals surface area contributed by atoms with Crippen LogP contribution in [-0.4, -0.2) is 82.2 Å². The summed E-state index contributed by atoms with van der Waals surface area (Å²) in [5, 5.41) is 9.73. The van der Waals surface area contributed by atoms with Gasteiger partial charge in [0.2, 0.25) is 15.9 Å². The minimum atomic E-state index is -3.85. The fourth-order valence-corrected chi connectivity index (χ4v) is 5.40. The van der Waals surface area contributed by atoms with Gasteiger partial charge in [0.1, 0.15) is 11.9 Å². The van der Waals surface area contributed by atoms with E-state index in [0.717, 1.165) is 6.26 Å². The number of ether oxygens (including phenoxy) is 1. The number of fused-ring (bicyclic) bond motifs is 1. The molecule has 36 heavy (non-hydrogen) atoms. The largest absolute Gasteiger partial charge is 0.488 e. The van der Waals surface area contributed by atoms with E-state index in [-0.39, 0.29) is 48.5 Å². The van der Waals surface area contributed by atoms with Gasteiger partial charge in [-0.1, -0.05) is 25.1 Å². The number of hydrogen-bond acceptors (Lipinski definition) is 7. The van der Waals surface area contributed by atoms with Gasteiger partial charge in [-0.2, -0.15) is 0 Å². The predicted octanol–water partition coefficient (Wildman–Crippen LogP) is 1.53. The number of anilines is 1. The SMILES string of the molecule is C[C@@H]1CN([C@H](C)CO)C(=O)Cc2cc(NS(=O)(=O)c3ccccc3)ccc2O[C@H]1CN(C)S(C)(=O)=O. The van der Waals surface area contributed by atoms with E-state index in [1.807, 2.05) is 6.92 Å². The highest BCUT2D eigenvalue weighted by Gasteiger charge is 2.32. The second-order valence-electron chi connectivity index (χ2n) is 9.17. The number of carbonyl (C=O) groups excluding carboxylic acids is 1. The van der Waals surface area contributed by atoms with E-state index < -0.39 is 32.2 Å². The van der Waals surface area contributed by atoms with Gasteiger partial charge >= 0.3 is 0 Å². The lowest BCUT2D eigenvalue weighted by Crippen LogP contribution is -2.48. The first-order valence-corrected chi connectivity index (χ1v) is 14.8. The van der Waals surface area contributed by atoms with E-state index in [1.165, 1.54) is 29.6 Å². The zero-order valence-corrected chi connectivity index (χ0v) is 22.4. The van der Waals surface area contributed by atoms with Crippen molar-refractivity contribution in [1.82, 2.24) is 9.21 Å². The fourth-order valence-electron chi connectivity index (χ4n) is 3.91. The number of hydrogen-bond donors (Lipinski definition) is 2. The Labute approximate surface area is 213 Å². The van der Waals surface area contributed by atoms with E-state index >= 15 is 0 Å². The number of aliphatic hydroxyl groups is 1. The van der Waals surface area contributed by atoms with Crippen LogP contribution in [0.2, 0.25) is 0 Å². The predicted molar refractivity (Wildman–Crippen MR) is 137 cm³/mol. The van der Waals surface area contributed by atoms with Crippen molar-refractivity contribution in [1.29, 1.82) is 0 Å². The highest BCUT2D eigenvalue weighted by Crippen LogP contribution is 2.30. The summed E-state index contributed by atoms with van der Waals surface area (Å²) in [5.74, 6) is -0.161. The maximum Gasteiger partial charge on any atom is 0.261 e. The van der Waals surface area contributed by atoms with Crippen molar-refractivity contribution in [2.24, 2.45) is 5.92 Å². The van der Waals surface area contributed by atoms with Gasteiger partial charge in [0.05, 0.1) is 36.8 Å². The molecule has 2 aromatic rings. The molecule has 0 unspecified atom stereocenters. The van der Waals surface area contributed by atoms with Crippen LogP contribution in [0.3, 0.4) is 0 Å². The Morgan fingerprint density at radius 3 is 2.44 bits per heavy atom. The minimum absolute atomic E-state index is 0.0529. The molecule has 10 nitrogen and oxygen atoms in total. The molecule has 2 aromatic carbocycles. The van der Waals surface area contributed by atoms with Crippen molar-refractivity contribution in [2.75, 3.05) is 37.7 Å². The van der Waals surface area contributed by atoms with Crippen LogP contribution in [0.15, 0.2) is 53.4 Å². The van der Waals surface area contributed by atoms with E-state index in [2.05, 4.69) is 4.72 Å². The Bertz CT molecular complexity index is 1280. The van der Waals surface area contributed by atoms with E-state index in [1.54, 1.807) is 42.2 Å². The maximum absolute atomic E-state index is 13.2. The number of aliphatic hydroxyl groups excluding tert-OH is 1. The standard InChI is InChI=1S/C24H33N3O7S2/c1-17-14-27(18(2)16-28)24(29)13-19-12-20(25-36(32,33)21-8-6-5-7-9-21)10-11-22(19)34-23(17)15-26(3)35(4,30)31/h5-12,17-18,23,25,28H,13-16H2,1-4H3/t17-,18-,23+/m1/s1. The number of nitrogens with one attached hydrogen (secondary N) is 1. The summed E-state index contributed by atoms with van der Waals surface area (Å²) in [6.45, 7) is 3.66. The van der Waals surface area contributed by atoms with Crippen LogP contribution in [0.5, 0.6) is 5.75 Å². The van der Waals surface area contributed by atoms with Crippen molar-refractivity contribution < 1.29 is 31.5 Å². The van der Waals surface area contributed by atoms with Gasteiger partial charge in [0.15, 0.2) is 0 Å². The molecule has 0 bridgehead atoms. The first-order chi connectivity index (χ1) is 16.8. The van der Waals surface area contributed by atoms with Gasteiger partial charge in [-0.25, -0.2) is 21.1 Å². The van der Waals surface area contributed by atoms with Gasteiger partial charge in [-0.15, -0.1) is 0 Å². The number of carbonyl (C=O) groups is 1. The highest BCUT2D eigenvalue weighted by atomic mass is 32.2. The number of sulfonamides is 2. The summed E-state index contributed by atoms with van der Waals surface area (Å²) in [6, 6.07) is 12.1. The van der Waals surface area contributed by atoms with Crippen molar-refractivity contribution in [3.63, 3.8) is 0 Å². The van der Waals surface area contributed by atoms with Gasteiger partial charge in [0, 0.05) is 30.8 Å². The molecule has 1 amide bonds. The third-order valence-electron chi connectivity index (χ3n) is 6.23. The summed E-state index contributed by atoms with van der Waals surface area (Å²) in [5.41, 5.74) is 0.706. The molecule has 1 aliphatic rings. The molecule has 0 saturated carbocycles. The van der Waals surface area contributed by atoms with Gasteiger partial charge in [-0.3, -0.25) is 9.52 Å². The van der Waals surface area contributed by atoms with Crippen LogP contribution >= 0.6 is 0 Å². The van der Waals surface area contributed by atoms with Crippen molar-refractivity contribution in [3.8, 4) is 5.75 Å². The Balaban J connectivity index is 2.00. The smallest absolute Gasteiger partial charge is 0.261 e. The van der Waals surface area contributed by atoms with Crippen LogP contribution in [-0.2, 0) is 31.3 Å². The molecule has 3 rings (SSSR count). The minimum Gasteiger partial charge on any atom is -0.488 e. The molecule has 1 aliphatic heterocycles. The first-order valence-electron chi connectivity index (χ1n) is 11.5. The lowest BCUT2D eigenvalue weighted by atomic mass is 10.0. The highest BCUT2D eigenvalue weighted by molar-refractivity contribution is 7.92. The molecular formula is C24H33N3O7S2. The Hall–Kier alpha value is -2.67. The van der Waals surface area contributed by atoms with Crippen molar-refractivity contribution in [2.45, 2.75) is 37.3 Å². The van der Waals surface area contributed by atoms with Crippen LogP contribution in [0, 0.1) is 5.92 Å². The first kappa shape index (κ1) is 27.9. The zero-order chi connectivity index (χ0) is 26.7. The number of benzene rings is 2. The van der Waals surface area contributed by atoms with E-state index in [0.29, 0.717) is 11.3 Å². The summed E-state index contributed by atoms with van der Waals surface area (Å²) < 4.78 is 59.7. The number of rotatable bonds is 8. The third-order valence-corrected chi connectivity index (χ3v) is 8.90. The molecule has 2 N–H and O–H groups in total. The summed E-state index contributed by atoms with van der Waals surface area (Å²) >= 11 is 0. The van der Waals surface area contributed by atoms with Gasteiger partial charge < -0.3 is 14.7 Å². The lowest BCUT2D eigenvalue weighted by molar-refractivity contribution is -0.134. The Kier molecular flexibility index (Phi) is 8.65. The number of nitrogens with zero attached hydrogens (tertiary/aromatic N) is 2. The average Bonchev–Trinajstić information content (AvgIpc) is 2.86. The summed E-state index contributed by atoms with van der Waals surface area (Å²) in [4.78, 5) is 14.9. The summed E-state index contributed by atoms with van der Waals surface area (Å²) in [6.07, 6.45) is 0.423. The van der Waals surface area contributed by atoms with Gasteiger partial charge in [-0.05, 0) is 37.3 Å². The number of likely N-dealkylation sites (N-methyl/N-ethyl adjacent to an activating group) is 1. The van der Waals surface area contributed by atoms with Crippen molar-refractivity contribution in [3.05, 3.63) is 54.1 Å². The van der Waals surface area contributed by atoms with E-state index in [9.17, 15) is 26.7 Å². The molecular weight excluding hydrogens is 506 g/mol. The normalized spacial score (nSPS) is 20.1. The second kappa shape index (κ2) is 11.2. The average molecular weight is 540 g/mol.